The number of amides is 1. The van der Waals surface area contributed by atoms with Gasteiger partial charge in [0, 0.05) is 15.7 Å². The van der Waals surface area contributed by atoms with Gasteiger partial charge in [-0.1, -0.05) is 29.3 Å². The minimum atomic E-state index is -0.319. The van der Waals surface area contributed by atoms with Gasteiger partial charge in [-0.2, -0.15) is 0 Å². The smallest absolute Gasteiger partial charge is 0.257 e. The number of anilines is 2. The molecule has 0 heterocycles. The van der Waals surface area contributed by atoms with Crippen LogP contribution in [0.3, 0.4) is 0 Å². The van der Waals surface area contributed by atoms with E-state index in [1.54, 1.807) is 30.3 Å². The number of aryl methyl sites for hydroxylation is 1. The predicted molar refractivity (Wildman–Crippen MR) is 83.4 cm³/mol. The molecule has 0 aliphatic heterocycles. The zero-order valence-corrected chi connectivity index (χ0v) is 12.2. The molecule has 0 spiro atoms. The highest BCUT2D eigenvalue weighted by Gasteiger charge is 2.12. The second-order valence-corrected chi connectivity index (χ2v) is 5.10. The second-order valence-electron chi connectivity index (χ2n) is 4.25. The maximum Gasteiger partial charge on any atom is 0.257 e. The number of rotatable bonds is 3. The molecule has 0 radical (unpaired) electrons. The van der Waals surface area contributed by atoms with E-state index in [-0.39, 0.29) is 5.91 Å². The van der Waals surface area contributed by atoms with E-state index in [2.05, 4.69) is 10.7 Å². The molecule has 2 rings (SSSR count). The molecule has 0 saturated heterocycles. The summed E-state index contributed by atoms with van der Waals surface area (Å²) in [7, 11) is 0. The molecule has 4 nitrogen and oxygen atoms in total. The Labute approximate surface area is 126 Å². The fourth-order valence-corrected chi connectivity index (χ4v) is 2.05. The lowest BCUT2D eigenvalue weighted by Crippen LogP contribution is -2.17. The van der Waals surface area contributed by atoms with Gasteiger partial charge in [0.2, 0.25) is 0 Å². The highest BCUT2D eigenvalue weighted by atomic mass is 35.5. The normalized spacial score (nSPS) is 10.2. The van der Waals surface area contributed by atoms with Crippen molar-refractivity contribution in [2.45, 2.75) is 6.92 Å². The van der Waals surface area contributed by atoms with Crippen LogP contribution in [0.5, 0.6) is 0 Å². The molecule has 2 aromatic rings. The van der Waals surface area contributed by atoms with E-state index in [1.807, 2.05) is 13.0 Å². The number of hydrogen-bond donors (Lipinski definition) is 3. The molecular formula is C14H13Cl2N3O. The summed E-state index contributed by atoms with van der Waals surface area (Å²) in [4.78, 5) is 12.2. The van der Waals surface area contributed by atoms with Gasteiger partial charge >= 0.3 is 0 Å². The van der Waals surface area contributed by atoms with Crippen molar-refractivity contribution in [3.63, 3.8) is 0 Å². The minimum Gasteiger partial charge on any atom is -0.323 e. The number of nitrogens with one attached hydrogen (secondary N) is 2. The van der Waals surface area contributed by atoms with E-state index < -0.39 is 0 Å². The number of hydrogen-bond acceptors (Lipinski definition) is 3. The van der Waals surface area contributed by atoms with Gasteiger partial charge in [-0.25, -0.2) is 0 Å². The van der Waals surface area contributed by atoms with Crippen molar-refractivity contribution in [3.8, 4) is 0 Å². The summed E-state index contributed by atoms with van der Waals surface area (Å²) in [6.07, 6.45) is 0. The van der Waals surface area contributed by atoms with Crippen molar-refractivity contribution in [2.75, 3.05) is 10.7 Å². The van der Waals surface area contributed by atoms with Gasteiger partial charge in [0.1, 0.15) is 0 Å². The molecule has 0 fully saturated rings. The van der Waals surface area contributed by atoms with Crippen LogP contribution in [0.4, 0.5) is 11.4 Å². The molecule has 0 bridgehead atoms. The largest absolute Gasteiger partial charge is 0.323 e. The number of benzene rings is 2. The Morgan fingerprint density at radius 1 is 1.15 bits per heavy atom. The van der Waals surface area contributed by atoms with Gasteiger partial charge in [0.15, 0.2) is 0 Å². The van der Waals surface area contributed by atoms with Crippen LogP contribution in [0.25, 0.3) is 0 Å². The van der Waals surface area contributed by atoms with Crippen molar-refractivity contribution in [1.82, 2.24) is 0 Å². The van der Waals surface area contributed by atoms with Gasteiger partial charge in [-0.3, -0.25) is 10.6 Å². The molecule has 20 heavy (non-hydrogen) atoms. The summed E-state index contributed by atoms with van der Waals surface area (Å²) < 4.78 is 0. The molecule has 2 aromatic carbocycles. The second kappa shape index (κ2) is 6.13. The SMILES string of the molecule is Cc1ccc(NC(=O)c2cc(Cl)ccc2NN)cc1Cl. The third-order valence-electron chi connectivity index (χ3n) is 2.81. The van der Waals surface area contributed by atoms with Gasteiger partial charge in [0.05, 0.1) is 11.3 Å². The maximum absolute atomic E-state index is 12.2. The zero-order chi connectivity index (χ0) is 14.7. The summed E-state index contributed by atoms with van der Waals surface area (Å²) in [5.74, 6) is 5.06. The third-order valence-corrected chi connectivity index (χ3v) is 3.45. The Bertz CT molecular complexity index is 659. The quantitative estimate of drug-likeness (QED) is 0.596. The standard InChI is InChI=1S/C14H13Cl2N3O/c1-8-2-4-10(7-12(8)16)18-14(20)11-6-9(15)3-5-13(11)19-17/h2-7,19H,17H2,1H3,(H,18,20). The van der Waals surface area contributed by atoms with Crippen LogP contribution in [0.1, 0.15) is 15.9 Å². The minimum absolute atomic E-state index is 0.319. The van der Waals surface area contributed by atoms with Crippen molar-refractivity contribution in [1.29, 1.82) is 0 Å². The third kappa shape index (κ3) is 3.22. The first-order chi connectivity index (χ1) is 9.51. The fraction of sp³-hybridized carbons (Fsp3) is 0.0714. The highest BCUT2D eigenvalue weighted by Crippen LogP contribution is 2.23. The van der Waals surface area contributed by atoms with Gasteiger partial charge in [0.25, 0.3) is 5.91 Å². The average Bonchev–Trinajstić information content (AvgIpc) is 2.43. The Hall–Kier alpha value is -1.75. The first-order valence-electron chi connectivity index (χ1n) is 5.85. The number of hydrazine groups is 1. The molecule has 0 aromatic heterocycles. The van der Waals surface area contributed by atoms with E-state index in [1.165, 1.54) is 0 Å². The first-order valence-corrected chi connectivity index (χ1v) is 6.60. The van der Waals surface area contributed by atoms with Crippen LogP contribution >= 0.6 is 23.2 Å². The summed E-state index contributed by atoms with van der Waals surface area (Å²) >= 11 is 11.9. The fourth-order valence-electron chi connectivity index (χ4n) is 1.70. The molecule has 0 unspecified atom stereocenters. The van der Waals surface area contributed by atoms with Crippen LogP contribution in [0.15, 0.2) is 36.4 Å². The summed E-state index contributed by atoms with van der Waals surface area (Å²) in [6.45, 7) is 1.89. The zero-order valence-electron chi connectivity index (χ0n) is 10.7. The molecule has 4 N–H and O–H groups in total. The number of nitrogens with two attached hydrogens (primary N) is 1. The highest BCUT2D eigenvalue weighted by molar-refractivity contribution is 6.32. The van der Waals surface area contributed by atoms with Crippen molar-refractivity contribution in [2.24, 2.45) is 5.84 Å². The Kier molecular flexibility index (Phi) is 4.49. The van der Waals surface area contributed by atoms with Crippen LogP contribution in [0.2, 0.25) is 10.0 Å². The topological polar surface area (TPSA) is 67.2 Å². The average molecular weight is 310 g/mol. The molecule has 104 valence electrons. The molecule has 0 atom stereocenters. The summed E-state index contributed by atoms with van der Waals surface area (Å²) in [6, 6.07) is 10.1. The number of carbonyl (C=O) groups excluding carboxylic acids is 1. The molecule has 6 heteroatoms. The van der Waals surface area contributed by atoms with E-state index in [0.29, 0.717) is 27.0 Å². The van der Waals surface area contributed by atoms with Crippen LogP contribution < -0.4 is 16.6 Å². The van der Waals surface area contributed by atoms with Crippen molar-refractivity contribution in [3.05, 3.63) is 57.6 Å². The number of carbonyl (C=O) groups is 1. The van der Waals surface area contributed by atoms with E-state index >= 15 is 0 Å². The Morgan fingerprint density at radius 2 is 1.90 bits per heavy atom. The molecule has 0 aliphatic rings. The monoisotopic (exact) mass is 309 g/mol. The Balaban J connectivity index is 2.27. The van der Waals surface area contributed by atoms with Crippen molar-refractivity contribution < 1.29 is 4.79 Å². The van der Waals surface area contributed by atoms with Crippen LogP contribution in [-0.2, 0) is 0 Å². The van der Waals surface area contributed by atoms with E-state index in [9.17, 15) is 4.79 Å². The lowest BCUT2D eigenvalue weighted by molar-refractivity contribution is 0.102. The Morgan fingerprint density at radius 3 is 2.55 bits per heavy atom. The number of nitrogen functional groups attached to an aromatic ring is 1. The molecule has 0 aliphatic carbocycles. The van der Waals surface area contributed by atoms with Gasteiger partial charge in [-0.15, -0.1) is 0 Å². The summed E-state index contributed by atoms with van der Waals surface area (Å²) in [5, 5.41) is 3.79. The van der Waals surface area contributed by atoms with E-state index in [0.717, 1.165) is 5.56 Å². The van der Waals surface area contributed by atoms with Crippen LogP contribution in [-0.4, -0.2) is 5.91 Å². The number of halogens is 2. The lowest BCUT2D eigenvalue weighted by atomic mass is 10.1. The van der Waals surface area contributed by atoms with Gasteiger partial charge in [-0.05, 0) is 42.8 Å². The summed E-state index contributed by atoms with van der Waals surface area (Å²) in [5.41, 5.74) is 4.86. The first kappa shape index (κ1) is 14.7. The lowest BCUT2D eigenvalue weighted by Gasteiger charge is -2.11. The predicted octanol–water partition coefficient (Wildman–Crippen LogP) is 3.84. The van der Waals surface area contributed by atoms with Gasteiger partial charge < -0.3 is 10.7 Å². The maximum atomic E-state index is 12.2. The van der Waals surface area contributed by atoms with E-state index in [4.69, 9.17) is 29.0 Å². The molecule has 1 amide bonds. The van der Waals surface area contributed by atoms with Crippen LogP contribution in [0, 0.1) is 6.92 Å². The van der Waals surface area contributed by atoms with Crippen molar-refractivity contribution >= 4 is 40.5 Å². The molecule has 0 saturated carbocycles. The molecular weight excluding hydrogens is 297 g/mol.